The number of anilines is 1. The molecule has 0 aliphatic rings. The lowest BCUT2D eigenvalue weighted by molar-refractivity contribution is 0.171. The van der Waals surface area contributed by atoms with E-state index >= 15 is 0 Å². The van der Waals surface area contributed by atoms with Crippen LogP contribution in [-0.2, 0) is 4.74 Å². The molecule has 2 heteroatoms. The molecule has 0 saturated carbocycles. The number of hydrogen-bond donors (Lipinski definition) is 1. The Bertz CT molecular complexity index is 410. The molecule has 1 rings (SSSR count). The molecule has 0 aliphatic carbocycles. The summed E-state index contributed by atoms with van der Waals surface area (Å²) in [6, 6.07) is 7.17. The van der Waals surface area contributed by atoms with Crippen LogP contribution in [0.5, 0.6) is 0 Å². The third kappa shape index (κ3) is 4.52. The first-order valence-corrected chi connectivity index (χ1v) is 7.76. The van der Waals surface area contributed by atoms with Gasteiger partial charge >= 0.3 is 0 Å². The first-order chi connectivity index (χ1) is 9.36. The summed E-state index contributed by atoms with van der Waals surface area (Å²) in [4.78, 5) is 0. The van der Waals surface area contributed by atoms with Gasteiger partial charge in [-0.2, -0.15) is 0 Å². The quantitative estimate of drug-likeness (QED) is 0.756. The Hall–Kier alpha value is -1.02. The van der Waals surface area contributed by atoms with E-state index in [0.717, 1.165) is 6.61 Å². The molecule has 0 aromatic heterocycles. The van der Waals surface area contributed by atoms with Crippen LogP contribution in [0.1, 0.15) is 64.5 Å². The third-order valence-electron chi connectivity index (χ3n) is 3.86. The van der Waals surface area contributed by atoms with E-state index in [1.54, 1.807) is 7.11 Å². The maximum atomic E-state index is 5.34. The average Bonchev–Trinajstić information content (AvgIpc) is 2.37. The smallest absolute Gasteiger partial charge is 0.0666 e. The number of hydrogen-bond acceptors (Lipinski definition) is 2. The molecule has 1 N–H and O–H groups in total. The third-order valence-corrected chi connectivity index (χ3v) is 3.86. The van der Waals surface area contributed by atoms with Gasteiger partial charge in [-0.05, 0) is 34.9 Å². The second kappa shape index (κ2) is 7.68. The molecule has 1 aromatic carbocycles. The molecular formula is C18H31NO. The summed E-state index contributed by atoms with van der Waals surface area (Å²) in [5, 5.41) is 3.67. The lowest BCUT2D eigenvalue weighted by Crippen LogP contribution is -2.31. The fourth-order valence-electron chi connectivity index (χ4n) is 2.33. The van der Waals surface area contributed by atoms with Crippen LogP contribution in [0.2, 0.25) is 0 Å². The monoisotopic (exact) mass is 277 g/mol. The van der Waals surface area contributed by atoms with Crippen LogP contribution in [0.4, 0.5) is 5.69 Å². The minimum Gasteiger partial charge on any atom is -0.383 e. The summed E-state index contributed by atoms with van der Waals surface area (Å²) in [5.41, 5.74) is 4.06. The molecule has 0 fully saturated rings. The minimum atomic E-state index is 0.349. The van der Waals surface area contributed by atoms with Gasteiger partial charge in [-0.15, -0.1) is 0 Å². The van der Waals surface area contributed by atoms with E-state index in [1.807, 2.05) is 0 Å². The van der Waals surface area contributed by atoms with E-state index in [1.165, 1.54) is 16.8 Å². The molecule has 1 aromatic rings. The van der Waals surface area contributed by atoms with Crippen molar-refractivity contribution in [3.8, 4) is 0 Å². The number of benzene rings is 1. The van der Waals surface area contributed by atoms with Crippen LogP contribution < -0.4 is 5.32 Å². The highest BCUT2D eigenvalue weighted by Crippen LogP contribution is 2.29. The van der Waals surface area contributed by atoms with Gasteiger partial charge in [0.2, 0.25) is 0 Å². The van der Waals surface area contributed by atoms with Crippen molar-refractivity contribution in [2.45, 2.75) is 59.4 Å². The molecule has 0 bridgehead atoms. The Balaban J connectivity index is 3.04. The number of nitrogens with one attached hydrogen (secondary N) is 1. The van der Waals surface area contributed by atoms with Gasteiger partial charge in [0, 0.05) is 12.8 Å². The number of ether oxygens (including phenoxy) is 1. The van der Waals surface area contributed by atoms with Crippen LogP contribution in [0.15, 0.2) is 18.2 Å². The Kier molecular flexibility index (Phi) is 6.54. The van der Waals surface area contributed by atoms with Crippen molar-refractivity contribution in [1.29, 1.82) is 0 Å². The molecule has 2 nitrogen and oxygen atoms in total. The number of rotatable bonds is 7. The van der Waals surface area contributed by atoms with Crippen LogP contribution >= 0.6 is 0 Å². The van der Waals surface area contributed by atoms with Crippen LogP contribution in [0.3, 0.4) is 0 Å². The van der Waals surface area contributed by atoms with Crippen molar-refractivity contribution in [3.63, 3.8) is 0 Å². The molecule has 20 heavy (non-hydrogen) atoms. The number of methoxy groups -OCH3 is 1. The first kappa shape index (κ1) is 17.0. The highest BCUT2D eigenvalue weighted by Gasteiger charge is 2.16. The normalized spacial score (nSPS) is 13.3. The highest BCUT2D eigenvalue weighted by atomic mass is 16.5. The summed E-state index contributed by atoms with van der Waals surface area (Å²) in [5.74, 6) is 1.63. The van der Waals surface area contributed by atoms with Crippen molar-refractivity contribution in [2.24, 2.45) is 5.92 Å². The van der Waals surface area contributed by atoms with E-state index in [9.17, 15) is 0 Å². The minimum absolute atomic E-state index is 0.349. The lowest BCUT2D eigenvalue weighted by atomic mass is 9.93. The second-order valence-corrected chi connectivity index (χ2v) is 6.61. The Morgan fingerprint density at radius 3 is 2.10 bits per heavy atom. The van der Waals surface area contributed by atoms with Crippen molar-refractivity contribution in [1.82, 2.24) is 0 Å². The molecule has 114 valence electrons. The van der Waals surface area contributed by atoms with Crippen molar-refractivity contribution in [3.05, 3.63) is 29.3 Å². The summed E-state index contributed by atoms with van der Waals surface area (Å²) in [6.45, 7) is 14.2. The zero-order valence-electron chi connectivity index (χ0n) is 14.2. The predicted octanol–water partition coefficient (Wildman–Crippen LogP) is 5.02. The standard InChI is InChI=1S/C18H31NO/c1-12(2)15-8-9-17(16(10-15)13(3)4)19-18(11-20-7)14(5)6/h8-10,12-14,18-19H,11H2,1-7H3. The van der Waals surface area contributed by atoms with E-state index in [4.69, 9.17) is 4.74 Å². The topological polar surface area (TPSA) is 21.3 Å². The van der Waals surface area contributed by atoms with Crippen molar-refractivity contribution in [2.75, 3.05) is 19.0 Å². The zero-order valence-corrected chi connectivity index (χ0v) is 14.2. The van der Waals surface area contributed by atoms with Crippen LogP contribution in [0, 0.1) is 5.92 Å². The summed E-state index contributed by atoms with van der Waals surface area (Å²) < 4.78 is 5.34. The molecule has 0 saturated heterocycles. The van der Waals surface area contributed by atoms with E-state index < -0.39 is 0 Å². The zero-order chi connectivity index (χ0) is 15.3. The predicted molar refractivity (Wildman–Crippen MR) is 88.7 cm³/mol. The van der Waals surface area contributed by atoms with Crippen molar-refractivity contribution < 1.29 is 4.74 Å². The molecule has 0 amide bonds. The highest BCUT2D eigenvalue weighted by molar-refractivity contribution is 5.55. The molecule has 0 spiro atoms. The maximum absolute atomic E-state index is 5.34. The van der Waals surface area contributed by atoms with Gasteiger partial charge in [-0.1, -0.05) is 53.7 Å². The molecule has 0 radical (unpaired) electrons. The second-order valence-electron chi connectivity index (χ2n) is 6.61. The fourth-order valence-corrected chi connectivity index (χ4v) is 2.33. The van der Waals surface area contributed by atoms with Gasteiger partial charge < -0.3 is 10.1 Å². The van der Waals surface area contributed by atoms with Crippen LogP contribution in [0.25, 0.3) is 0 Å². The summed E-state index contributed by atoms with van der Waals surface area (Å²) >= 11 is 0. The lowest BCUT2D eigenvalue weighted by Gasteiger charge is -2.26. The van der Waals surface area contributed by atoms with Crippen molar-refractivity contribution >= 4 is 5.69 Å². The Morgan fingerprint density at radius 2 is 1.65 bits per heavy atom. The van der Waals surface area contributed by atoms with Gasteiger partial charge in [-0.25, -0.2) is 0 Å². The molecule has 1 unspecified atom stereocenters. The molecule has 0 aliphatic heterocycles. The largest absolute Gasteiger partial charge is 0.383 e. The van der Waals surface area contributed by atoms with Crippen LogP contribution in [-0.4, -0.2) is 19.8 Å². The van der Waals surface area contributed by atoms with E-state index in [2.05, 4.69) is 65.1 Å². The van der Waals surface area contributed by atoms with Gasteiger partial charge in [0.1, 0.15) is 0 Å². The molecule has 0 heterocycles. The van der Waals surface area contributed by atoms with Gasteiger partial charge in [0.05, 0.1) is 12.6 Å². The Morgan fingerprint density at radius 1 is 1.00 bits per heavy atom. The molecule has 1 atom stereocenters. The van der Waals surface area contributed by atoms with E-state index in [0.29, 0.717) is 23.8 Å². The summed E-state index contributed by atoms with van der Waals surface area (Å²) in [6.07, 6.45) is 0. The average molecular weight is 277 g/mol. The van der Waals surface area contributed by atoms with Gasteiger partial charge in [0.25, 0.3) is 0 Å². The SMILES string of the molecule is COCC(Nc1ccc(C(C)C)cc1C(C)C)C(C)C. The van der Waals surface area contributed by atoms with E-state index in [-0.39, 0.29) is 0 Å². The Labute approximate surface area is 124 Å². The maximum Gasteiger partial charge on any atom is 0.0666 e. The van der Waals surface area contributed by atoms with Gasteiger partial charge in [0.15, 0.2) is 0 Å². The first-order valence-electron chi connectivity index (χ1n) is 7.76. The summed E-state index contributed by atoms with van der Waals surface area (Å²) in [7, 11) is 1.77. The van der Waals surface area contributed by atoms with Gasteiger partial charge in [-0.3, -0.25) is 0 Å². The fraction of sp³-hybridized carbons (Fsp3) is 0.667. The molecular weight excluding hydrogens is 246 g/mol.